The average Bonchev–Trinajstić information content (AvgIpc) is 3.71. The first-order chi connectivity index (χ1) is 27.6. The number of carboxylic acids is 2. The molecule has 2 unspecified atom stereocenters. The molecule has 60 heavy (non-hydrogen) atoms. The normalized spacial score (nSPS) is 21.1. The summed E-state index contributed by atoms with van der Waals surface area (Å²) < 4.78 is 61.9. The molecule has 12 N–H and O–H groups in total. The standard InChI is InChI=1S/C25H40N7O19P3S.C3H6O2/c1-12(23(37)38)24(39)55-7-6-27-14(33)4-5-28-21(36)18(35)25(2,3)9-48-54(45,46)51-53(43,44)47-8-13-17(50-52(40,41)42)16(34)22(49-13)32-11-31-15-19(26)29-10-30-20(15)32;1-2-3(4)5/h10-13,16-18,22,34-35H,4-9H2,1-3H3,(H,27,33)(H,28,36)(H,37,38)(H,43,44)(H,45,46)(H2,26,29,30)(H2,40,41,42);2H2,1H3,(H,4,5)/t12-,13-,16-,17-,18+,22-;/m1./s1. The number of nitrogens with one attached hydrogen (secondary N) is 2. The number of amides is 2. The van der Waals surface area contributed by atoms with Crippen LogP contribution in [-0.4, -0.2) is 145 Å². The minimum absolute atomic E-state index is 0.0183. The summed E-state index contributed by atoms with van der Waals surface area (Å²) >= 11 is 0.726. The second-order valence-corrected chi connectivity index (χ2v) is 18.4. The Morgan fingerprint density at radius 1 is 1.02 bits per heavy atom. The lowest BCUT2D eigenvalue weighted by Gasteiger charge is -2.30. The van der Waals surface area contributed by atoms with Gasteiger partial charge < -0.3 is 61.1 Å². The van der Waals surface area contributed by atoms with Gasteiger partial charge in [-0.2, -0.15) is 4.31 Å². The van der Waals surface area contributed by atoms with Crippen molar-refractivity contribution in [3.05, 3.63) is 12.7 Å². The summed E-state index contributed by atoms with van der Waals surface area (Å²) in [7, 11) is -16.4. The lowest BCUT2D eigenvalue weighted by atomic mass is 9.87. The van der Waals surface area contributed by atoms with E-state index in [0.29, 0.717) is 0 Å². The number of hydrogen-bond acceptors (Lipinski definition) is 20. The molecule has 0 bridgehead atoms. The number of aliphatic hydroxyl groups excluding tert-OH is 2. The highest BCUT2D eigenvalue weighted by molar-refractivity contribution is 8.13. The fraction of sp³-hybridized carbons (Fsp3) is 0.643. The molecule has 2 aromatic rings. The van der Waals surface area contributed by atoms with E-state index in [1.807, 2.05) is 0 Å². The number of thioether (sulfide) groups is 1. The summed E-state index contributed by atoms with van der Waals surface area (Å²) in [6, 6.07) is 0. The van der Waals surface area contributed by atoms with Gasteiger partial charge in [0.1, 0.15) is 42.2 Å². The fourth-order valence-corrected chi connectivity index (χ4v) is 8.09. The van der Waals surface area contributed by atoms with Crippen molar-refractivity contribution in [3.8, 4) is 0 Å². The lowest BCUT2D eigenvalue weighted by molar-refractivity contribution is -0.143. The highest BCUT2D eigenvalue weighted by atomic mass is 32.2. The third-order valence-corrected chi connectivity index (χ3v) is 11.9. The van der Waals surface area contributed by atoms with E-state index in [1.165, 1.54) is 20.8 Å². The Morgan fingerprint density at radius 3 is 2.22 bits per heavy atom. The van der Waals surface area contributed by atoms with E-state index in [9.17, 15) is 67.5 Å². The number of carboxylic acid groups (broad SMARTS) is 2. The first-order valence-corrected chi connectivity index (χ1v) is 22.6. The molecule has 1 fully saturated rings. The number of nitrogens with zero attached hydrogens (tertiary/aromatic N) is 4. The number of phosphoric acid groups is 3. The number of carbonyl (C=O) groups excluding carboxylic acids is 3. The van der Waals surface area contributed by atoms with Gasteiger partial charge in [-0.1, -0.05) is 32.5 Å². The number of nitrogens with two attached hydrogens (primary N) is 1. The molecule has 2 amide bonds. The van der Waals surface area contributed by atoms with Crippen molar-refractivity contribution >= 4 is 81.1 Å². The first kappa shape index (κ1) is 52.6. The quantitative estimate of drug-likeness (QED) is 0.0378. The minimum Gasteiger partial charge on any atom is -0.481 e. The van der Waals surface area contributed by atoms with Gasteiger partial charge in [-0.25, -0.2) is 28.6 Å². The molecule has 340 valence electrons. The molecular weight excluding hydrogens is 895 g/mol. The van der Waals surface area contributed by atoms with Gasteiger partial charge >= 0.3 is 35.4 Å². The van der Waals surface area contributed by atoms with Crippen LogP contribution in [0.3, 0.4) is 0 Å². The molecule has 2 aromatic heterocycles. The third kappa shape index (κ3) is 16.8. The van der Waals surface area contributed by atoms with Crippen LogP contribution in [0.4, 0.5) is 5.82 Å². The van der Waals surface area contributed by atoms with Crippen LogP contribution in [0.1, 0.15) is 46.8 Å². The van der Waals surface area contributed by atoms with Crippen molar-refractivity contribution in [1.29, 1.82) is 0 Å². The van der Waals surface area contributed by atoms with E-state index in [4.69, 9.17) is 29.7 Å². The number of phosphoric ester groups is 3. The maximum atomic E-state index is 12.6. The van der Waals surface area contributed by atoms with Crippen molar-refractivity contribution in [2.24, 2.45) is 11.3 Å². The van der Waals surface area contributed by atoms with Gasteiger partial charge in [-0.3, -0.25) is 42.1 Å². The van der Waals surface area contributed by atoms with Crippen LogP contribution in [0.2, 0.25) is 0 Å². The van der Waals surface area contributed by atoms with Gasteiger partial charge in [-0.05, 0) is 6.92 Å². The molecule has 3 heterocycles. The number of ether oxygens (including phenoxy) is 1. The van der Waals surface area contributed by atoms with E-state index < -0.39 is 108 Å². The second-order valence-electron chi connectivity index (χ2n) is 13.0. The van der Waals surface area contributed by atoms with Gasteiger partial charge in [-0.15, -0.1) is 0 Å². The van der Waals surface area contributed by atoms with Crippen molar-refractivity contribution in [2.45, 2.75) is 71.2 Å². The van der Waals surface area contributed by atoms with Crippen LogP contribution in [0.5, 0.6) is 0 Å². The van der Waals surface area contributed by atoms with E-state index in [1.54, 1.807) is 6.92 Å². The van der Waals surface area contributed by atoms with Crippen LogP contribution in [0.15, 0.2) is 12.7 Å². The Hall–Kier alpha value is -3.50. The largest absolute Gasteiger partial charge is 0.481 e. The Balaban J connectivity index is 0.00000233. The summed E-state index contributed by atoms with van der Waals surface area (Å²) in [5, 5.41) is 42.1. The minimum atomic E-state index is -5.59. The number of carbonyl (C=O) groups is 5. The summed E-state index contributed by atoms with van der Waals surface area (Å²) in [4.78, 5) is 107. The topological polar surface area (TPSA) is 438 Å². The van der Waals surface area contributed by atoms with Crippen molar-refractivity contribution in [2.75, 3.05) is 37.8 Å². The number of aliphatic hydroxyl groups is 2. The van der Waals surface area contributed by atoms with Crippen LogP contribution >= 0.6 is 35.2 Å². The van der Waals surface area contributed by atoms with Crippen LogP contribution in [0.25, 0.3) is 11.2 Å². The Bertz CT molecular complexity index is 1980. The van der Waals surface area contributed by atoms with E-state index in [2.05, 4.69) is 34.4 Å². The fourth-order valence-electron chi connectivity index (χ4n) is 4.51. The summed E-state index contributed by atoms with van der Waals surface area (Å²) in [6.07, 6.45) is -6.90. The second kappa shape index (κ2) is 22.6. The molecule has 0 aliphatic carbocycles. The third-order valence-electron chi connectivity index (χ3n) is 7.77. The predicted molar refractivity (Wildman–Crippen MR) is 202 cm³/mol. The maximum Gasteiger partial charge on any atom is 0.481 e. The highest BCUT2D eigenvalue weighted by Crippen LogP contribution is 2.61. The van der Waals surface area contributed by atoms with Crippen LogP contribution in [0, 0.1) is 11.3 Å². The smallest absolute Gasteiger partial charge is 0.481 e. The van der Waals surface area contributed by atoms with Crippen LogP contribution in [-0.2, 0) is 60.3 Å². The number of fused-ring (bicyclic) bond motifs is 1. The SMILES string of the molecule is CCC(=O)O.C[C@H](C(=O)O)C(=O)SCCNC(=O)CCNC(=O)[C@H](O)C(C)(C)COP(=O)(O)OP(=O)(O)OC[C@H]1O[C@@H](n2cnc3c(N)ncnc32)[C@H](O)[C@@H]1OP(=O)(O)O. The first-order valence-electron chi connectivity index (χ1n) is 17.1. The zero-order chi connectivity index (χ0) is 45.8. The van der Waals surface area contributed by atoms with Crippen molar-refractivity contribution in [1.82, 2.24) is 30.2 Å². The molecule has 32 heteroatoms. The van der Waals surface area contributed by atoms with Crippen molar-refractivity contribution < 1.29 is 100 Å². The molecule has 0 radical (unpaired) electrons. The molecule has 1 aliphatic rings. The number of nitrogen functional groups attached to an aromatic ring is 1. The predicted octanol–water partition coefficient (Wildman–Crippen LogP) is -1.13. The van der Waals surface area contributed by atoms with Gasteiger partial charge in [0.25, 0.3) is 0 Å². The number of hydrogen-bond donors (Lipinski definition) is 11. The van der Waals surface area contributed by atoms with Crippen LogP contribution < -0.4 is 16.4 Å². The summed E-state index contributed by atoms with van der Waals surface area (Å²) in [6.45, 7) is 2.95. The number of rotatable bonds is 22. The average molecular weight is 942 g/mol. The summed E-state index contributed by atoms with van der Waals surface area (Å²) in [5.74, 6) is -4.76. The molecule has 1 aliphatic heterocycles. The molecular formula is C28H46N7O21P3S. The Kier molecular flexibility index (Phi) is 19.8. The molecule has 28 nitrogen and oxygen atoms in total. The maximum absolute atomic E-state index is 12.6. The van der Waals surface area contributed by atoms with Gasteiger partial charge in [0.15, 0.2) is 17.7 Å². The Morgan fingerprint density at radius 2 is 1.63 bits per heavy atom. The zero-order valence-corrected chi connectivity index (χ0v) is 35.6. The monoisotopic (exact) mass is 941 g/mol. The molecule has 1 saturated heterocycles. The van der Waals surface area contributed by atoms with E-state index in [-0.39, 0.29) is 48.7 Å². The molecule has 0 saturated carbocycles. The summed E-state index contributed by atoms with van der Waals surface area (Å²) in [5.41, 5.74) is 4.19. The van der Waals surface area contributed by atoms with Crippen molar-refractivity contribution in [3.63, 3.8) is 0 Å². The highest BCUT2D eigenvalue weighted by Gasteiger charge is 2.50. The Labute approximate surface area is 344 Å². The van der Waals surface area contributed by atoms with E-state index in [0.717, 1.165) is 29.0 Å². The van der Waals surface area contributed by atoms with E-state index >= 15 is 0 Å². The number of aliphatic carboxylic acids is 2. The zero-order valence-electron chi connectivity index (χ0n) is 32.1. The van der Waals surface area contributed by atoms with Gasteiger partial charge in [0.2, 0.25) is 16.9 Å². The van der Waals surface area contributed by atoms with Gasteiger partial charge in [0.05, 0.1) is 19.5 Å². The lowest BCUT2D eigenvalue weighted by Crippen LogP contribution is -2.46. The molecule has 3 rings (SSSR count). The molecule has 0 spiro atoms. The number of anilines is 1. The number of imidazole rings is 1. The van der Waals surface area contributed by atoms with Gasteiger partial charge in [0, 0.05) is 37.1 Å². The molecule has 0 aromatic carbocycles. The number of aromatic nitrogens is 4. The molecule has 8 atom stereocenters.